The van der Waals surface area contributed by atoms with Crippen molar-refractivity contribution in [3.05, 3.63) is 53.1 Å². The number of fused-ring (bicyclic) bond motifs is 1. The molecule has 8 heteroatoms. The van der Waals surface area contributed by atoms with Crippen molar-refractivity contribution in [3.8, 4) is 17.2 Å². The number of methoxy groups -OCH3 is 3. The van der Waals surface area contributed by atoms with Crippen LogP contribution in [0.1, 0.15) is 0 Å². The maximum atomic E-state index is 12.7. The second kappa shape index (κ2) is 7.77. The number of carbonyl (C=O) groups is 1. The molecule has 0 saturated carbocycles. The van der Waals surface area contributed by atoms with Crippen LogP contribution in [-0.2, 0) is 11.3 Å². The van der Waals surface area contributed by atoms with Gasteiger partial charge in [0.25, 0.3) is 5.56 Å². The van der Waals surface area contributed by atoms with Crippen LogP contribution in [0, 0.1) is 0 Å². The molecule has 1 amide bonds. The Labute approximate surface area is 155 Å². The van der Waals surface area contributed by atoms with Gasteiger partial charge in [-0.15, -0.1) is 0 Å². The topological polar surface area (TPSA) is 91.7 Å². The highest BCUT2D eigenvalue weighted by molar-refractivity contribution is 5.91. The van der Waals surface area contributed by atoms with Crippen LogP contribution >= 0.6 is 0 Å². The number of rotatable bonds is 6. The second-order valence-electron chi connectivity index (χ2n) is 5.68. The molecule has 140 valence electrons. The minimum atomic E-state index is -0.344. The number of anilines is 1. The predicted octanol–water partition coefficient (Wildman–Crippen LogP) is 2.06. The first kappa shape index (κ1) is 18.2. The number of benzene rings is 2. The highest BCUT2D eigenvalue weighted by atomic mass is 16.5. The van der Waals surface area contributed by atoms with E-state index in [0.717, 1.165) is 0 Å². The first-order valence-electron chi connectivity index (χ1n) is 8.10. The summed E-state index contributed by atoms with van der Waals surface area (Å²) < 4.78 is 16.8. The van der Waals surface area contributed by atoms with Crippen molar-refractivity contribution >= 4 is 22.5 Å². The normalized spacial score (nSPS) is 10.5. The third-order valence-electron chi connectivity index (χ3n) is 4.02. The Morgan fingerprint density at radius 2 is 1.70 bits per heavy atom. The highest BCUT2D eigenvalue weighted by Gasteiger charge is 2.13. The van der Waals surface area contributed by atoms with Gasteiger partial charge >= 0.3 is 0 Å². The van der Waals surface area contributed by atoms with E-state index in [4.69, 9.17) is 14.2 Å². The maximum Gasteiger partial charge on any atom is 0.261 e. The molecule has 0 unspecified atom stereocenters. The molecule has 0 fully saturated rings. The van der Waals surface area contributed by atoms with Crippen LogP contribution in [0.15, 0.2) is 47.5 Å². The first-order chi connectivity index (χ1) is 13.0. The van der Waals surface area contributed by atoms with E-state index in [2.05, 4.69) is 10.3 Å². The molecular weight excluding hydrogens is 350 g/mol. The molecule has 0 radical (unpaired) electrons. The Morgan fingerprint density at radius 1 is 1.04 bits per heavy atom. The number of aromatic nitrogens is 2. The van der Waals surface area contributed by atoms with Crippen molar-refractivity contribution in [1.29, 1.82) is 0 Å². The molecule has 27 heavy (non-hydrogen) atoms. The lowest BCUT2D eigenvalue weighted by Crippen LogP contribution is -2.28. The van der Waals surface area contributed by atoms with Gasteiger partial charge in [-0.1, -0.05) is 0 Å². The monoisotopic (exact) mass is 369 g/mol. The van der Waals surface area contributed by atoms with Crippen LogP contribution in [0.3, 0.4) is 0 Å². The van der Waals surface area contributed by atoms with Gasteiger partial charge in [-0.25, -0.2) is 4.98 Å². The van der Waals surface area contributed by atoms with E-state index in [0.29, 0.717) is 33.8 Å². The third kappa shape index (κ3) is 3.84. The lowest BCUT2D eigenvalue weighted by molar-refractivity contribution is -0.116. The van der Waals surface area contributed by atoms with Gasteiger partial charge in [-0.2, -0.15) is 0 Å². The molecule has 1 heterocycles. The lowest BCUT2D eigenvalue weighted by Gasteiger charge is -2.11. The average molecular weight is 369 g/mol. The van der Waals surface area contributed by atoms with Gasteiger partial charge < -0.3 is 19.5 Å². The molecule has 1 N–H and O–H groups in total. The van der Waals surface area contributed by atoms with Crippen LogP contribution in [0.2, 0.25) is 0 Å². The molecule has 1 aromatic heterocycles. The SMILES string of the molecule is COc1ccc(NC(=O)Cn2cnc3cc(OC)c(OC)cc3c2=O)cc1. The summed E-state index contributed by atoms with van der Waals surface area (Å²) in [5.74, 6) is 1.24. The molecule has 0 aliphatic heterocycles. The molecule has 0 saturated heterocycles. The molecule has 8 nitrogen and oxygen atoms in total. The fourth-order valence-electron chi connectivity index (χ4n) is 2.63. The molecule has 3 rings (SSSR count). The molecule has 0 spiro atoms. The van der Waals surface area contributed by atoms with E-state index < -0.39 is 0 Å². The minimum Gasteiger partial charge on any atom is -0.497 e. The molecule has 0 aliphatic rings. The van der Waals surface area contributed by atoms with Crippen molar-refractivity contribution in [2.75, 3.05) is 26.6 Å². The van der Waals surface area contributed by atoms with E-state index in [-0.39, 0.29) is 18.0 Å². The van der Waals surface area contributed by atoms with Gasteiger partial charge in [-0.3, -0.25) is 14.2 Å². The van der Waals surface area contributed by atoms with E-state index in [9.17, 15) is 9.59 Å². The molecular formula is C19H19N3O5. The van der Waals surface area contributed by atoms with Crippen molar-refractivity contribution < 1.29 is 19.0 Å². The summed E-state index contributed by atoms with van der Waals surface area (Å²) in [7, 11) is 4.56. The standard InChI is InChI=1S/C19H19N3O5/c1-25-13-6-4-12(5-7-13)21-18(23)10-22-11-20-15-9-17(27-3)16(26-2)8-14(15)19(22)24/h4-9,11H,10H2,1-3H3,(H,21,23). The van der Waals surface area contributed by atoms with Gasteiger partial charge in [0.05, 0.1) is 38.6 Å². The Kier molecular flexibility index (Phi) is 5.25. The van der Waals surface area contributed by atoms with E-state index in [1.54, 1.807) is 43.5 Å². The fraction of sp³-hybridized carbons (Fsp3) is 0.211. The highest BCUT2D eigenvalue weighted by Crippen LogP contribution is 2.29. The van der Waals surface area contributed by atoms with Crippen molar-refractivity contribution in [3.63, 3.8) is 0 Å². The van der Waals surface area contributed by atoms with Crippen LogP contribution in [0.25, 0.3) is 10.9 Å². The minimum absolute atomic E-state index is 0.165. The van der Waals surface area contributed by atoms with Gasteiger partial charge in [0.15, 0.2) is 11.5 Å². The first-order valence-corrected chi connectivity index (χ1v) is 8.10. The summed E-state index contributed by atoms with van der Waals surface area (Å²) in [5.41, 5.74) is 0.726. The number of carbonyl (C=O) groups excluding carboxylic acids is 1. The largest absolute Gasteiger partial charge is 0.497 e. The van der Waals surface area contributed by atoms with Crippen LogP contribution in [0.5, 0.6) is 17.2 Å². The lowest BCUT2D eigenvalue weighted by atomic mass is 10.2. The average Bonchev–Trinajstić information content (AvgIpc) is 2.69. The Balaban J connectivity index is 1.84. The molecule has 0 bridgehead atoms. The number of hydrogen-bond acceptors (Lipinski definition) is 6. The number of hydrogen-bond donors (Lipinski definition) is 1. The smallest absolute Gasteiger partial charge is 0.261 e. The summed E-state index contributed by atoms with van der Waals surface area (Å²) in [6.07, 6.45) is 1.34. The third-order valence-corrected chi connectivity index (χ3v) is 4.02. The van der Waals surface area contributed by atoms with E-state index >= 15 is 0 Å². The fourth-order valence-corrected chi connectivity index (χ4v) is 2.63. The summed E-state index contributed by atoms with van der Waals surface area (Å²) >= 11 is 0. The number of nitrogens with one attached hydrogen (secondary N) is 1. The van der Waals surface area contributed by atoms with Crippen molar-refractivity contribution in [1.82, 2.24) is 9.55 Å². The van der Waals surface area contributed by atoms with Crippen LogP contribution < -0.4 is 25.1 Å². The van der Waals surface area contributed by atoms with Crippen LogP contribution in [-0.4, -0.2) is 36.8 Å². The van der Waals surface area contributed by atoms with Gasteiger partial charge in [-0.05, 0) is 30.3 Å². The Hall–Kier alpha value is -3.55. The Morgan fingerprint density at radius 3 is 2.33 bits per heavy atom. The molecule has 3 aromatic rings. The zero-order chi connectivity index (χ0) is 19.4. The van der Waals surface area contributed by atoms with Gasteiger partial charge in [0, 0.05) is 11.8 Å². The summed E-state index contributed by atoms with van der Waals surface area (Å²) in [6, 6.07) is 10.1. The van der Waals surface area contributed by atoms with Gasteiger partial charge in [0.1, 0.15) is 12.3 Å². The predicted molar refractivity (Wildman–Crippen MR) is 101 cm³/mol. The van der Waals surface area contributed by atoms with Crippen molar-refractivity contribution in [2.24, 2.45) is 0 Å². The van der Waals surface area contributed by atoms with E-state index in [1.807, 2.05) is 0 Å². The van der Waals surface area contributed by atoms with Crippen LogP contribution in [0.4, 0.5) is 5.69 Å². The summed E-state index contributed by atoms with van der Waals surface area (Å²) in [4.78, 5) is 29.2. The number of ether oxygens (including phenoxy) is 3. The van der Waals surface area contributed by atoms with E-state index in [1.165, 1.54) is 25.1 Å². The van der Waals surface area contributed by atoms with Crippen molar-refractivity contribution in [2.45, 2.75) is 6.54 Å². The zero-order valence-corrected chi connectivity index (χ0v) is 15.2. The summed E-state index contributed by atoms with van der Waals surface area (Å²) in [5, 5.41) is 3.07. The summed E-state index contributed by atoms with van der Waals surface area (Å²) in [6.45, 7) is -0.165. The molecule has 0 atom stereocenters. The maximum absolute atomic E-state index is 12.7. The quantitative estimate of drug-likeness (QED) is 0.715. The van der Waals surface area contributed by atoms with Gasteiger partial charge in [0.2, 0.25) is 5.91 Å². The second-order valence-corrected chi connectivity index (χ2v) is 5.68. The number of nitrogens with zero attached hydrogens (tertiary/aromatic N) is 2. The zero-order valence-electron chi connectivity index (χ0n) is 15.2. The molecule has 0 aliphatic carbocycles. The molecule has 2 aromatic carbocycles. The number of amides is 1. The Bertz CT molecular complexity index is 1030.